The van der Waals surface area contributed by atoms with E-state index in [1.54, 1.807) is 16.4 Å². The number of rotatable bonds is 2. The van der Waals surface area contributed by atoms with Crippen molar-refractivity contribution in [2.45, 2.75) is 13.5 Å². The highest BCUT2D eigenvalue weighted by molar-refractivity contribution is 5.35. The number of nitrogen functional groups attached to an aromatic ring is 1. The summed E-state index contributed by atoms with van der Waals surface area (Å²) in [6.45, 7) is 2.44. The molecule has 2 aromatic rings. The van der Waals surface area contributed by atoms with E-state index in [-0.39, 0.29) is 0 Å². The van der Waals surface area contributed by atoms with Crippen molar-refractivity contribution in [1.82, 2.24) is 30.0 Å². The minimum absolute atomic E-state index is 0.529. The summed E-state index contributed by atoms with van der Waals surface area (Å²) >= 11 is 0. The third-order valence-electron chi connectivity index (χ3n) is 1.99. The highest BCUT2D eigenvalue weighted by Gasteiger charge is 2.05. The van der Waals surface area contributed by atoms with Crippen LogP contribution in [0.5, 0.6) is 0 Å². The van der Waals surface area contributed by atoms with Gasteiger partial charge in [0, 0.05) is 18.8 Å². The summed E-state index contributed by atoms with van der Waals surface area (Å²) in [7, 11) is 1.79. The fourth-order valence-corrected chi connectivity index (χ4v) is 1.14. The van der Waals surface area contributed by atoms with Crippen molar-refractivity contribution in [2.24, 2.45) is 7.05 Å². The molecule has 7 heteroatoms. The summed E-state index contributed by atoms with van der Waals surface area (Å²) in [5.41, 5.74) is 6.58. The van der Waals surface area contributed by atoms with Crippen LogP contribution in [0.15, 0.2) is 6.20 Å². The highest BCUT2D eigenvalue weighted by atomic mass is 15.5. The van der Waals surface area contributed by atoms with Crippen LogP contribution in [0.1, 0.15) is 11.4 Å². The number of hydrogen-bond acceptors (Lipinski definition) is 5. The van der Waals surface area contributed by atoms with Crippen LogP contribution in [0.2, 0.25) is 0 Å². The molecule has 0 saturated carbocycles. The van der Waals surface area contributed by atoms with Crippen LogP contribution in [0.4, 0.5) is 5.82 Å². The lowest BCUT2D eigenvalue weighted by Crippen LogP contribution is -2.07. The lowest BCUT2D eigenvalue weighted by atomic mass is 10.4. The molecule has 0 amide bonds. The Morgan fingerprint density at radius 3 is 2.79 bits per heavy atom. The molecule has 0 unspecified atom stereocenters. The van der Waals surface area contributed by atoms with Crippen LogP contribution in [0.3, 0.4) is 0 Å². The van der Waals surface area contributed by atoms with E-state index in [2.05, 4.69) is 20.6 Å². The van der Waals surface area contributed by atoms with E-state index >= 15 is 0 Å². The minimum Gasteiger partial charge on any atom is -0.382 e. The number of tetrazole rings is 1. The third kappa shape index (κ3) is 1.43. The zero-order valence-corrected chi connectivity index (χ0v) is 8.05. The maximum absolute atomic E-state index is 5.62. The van der Waals surface area contributed by atoms with Crippen molar-refractivity contribution in [3.05, 3.63) is 17.6 Å². The van der Waals surface area contributed by atoms with E-state index in [0.29, 0.717) is 12.4 Å². The smallest absolute Gasteiger partial charge is 0.172 e. The Bertz CT molecular complexity index is 421. The lowest BCUT2D eigenvalue weighted by molar-refractivity contribution is 0.607. The Hall–Kier alpha value is -1.92. The molecule has 0 aliphatic carbocycles. The molecule has 0 aliphatic heterocycles. The van der Waals surface area contributed by atoms with Gasteiger partial charge in [0.1, 0.15) is 12.4 Å². The monoisotopic (exact) mass is 193 g/mol. The van der Waals surface area contributed by atoms with Crippen LogP contribution in [-0.4, -0.2) is 30.0 Å². The molecule has 0 saturated heterocycles. The van der Waals surface area contributed by atoms with Crippen molar-refractivity contribution in [3.8, 4) is 0 Å². The predicted octanol–water partition coefficient (Wildman–Crippen LogP) is -0.654. The van der Waals surface area contributed by atoms with Gasteiger partial charge in [-0.25, -0.2) is 4.68 Å². The second kappa shape index (κ2) is 3.09. The average molecular weight is 193 g/mol. The summed E-state index contributed by atoms with van der Waals surface area (Å²) in [5, 5.41) is 15.2. The number of aromatic nitrogens is 6. The molecule has 0 aliphatic rings. The molecular weight excluding hydrogens is 182 g/mol. The van der Waals surface area contributed by atoms with Gasteiger partial charge in [0.25, 0.3) is 0 Å². The number of anilines is 1. The quantitative estimate of drug-likeness (QED) is 0.684. The topological polar surface area (TPSA) is 87.4 Å². The first-order chi connectivity index (χ1) is 6.66. The second-order valence-electron chi connectivity index (χ2n) is 3.11. The molecule has 0 atom stereocenters. The first-order valence-electron chi connectivity index (χ1n) is 4.17. The summed E-state index contributed by atoms with van der Waals surface area (Å²) in [5.74, 6) is 1.28. The molecule has 2 N–H and O–H groups in total. The van der Waals surface area contributed by atoms with Crippen LogP contribution in [0, 0.1) is 6.92 Å². The molecule has 2 aromatic heterocycles. The van der Waals surface area contributed by atoms with Gasteiger partial charge in [-0.2, -0.15) is 5.10 Å². The van der Waals surface area contributed by atoms with Gasteiger partial charge in [-0.15, -0.1) is 5.10 Å². The Morgan fingerprint density at radius 1 is 1.50 bits per heavy atom. The Morgan fingerprint density at radius 2 is 2.29 bits per heavy atom. The van der Waals surface area contributed by atoms with E-state index in [1.165, 1.54) is 0 Å². The number of aryl methyl sites for hydroxylation is 2. The molecular formula is C7H11N7. The second-order valence-corrected chi connectivity index (χ2v) is 3.11. The van der Waals surface area contributed by atoms with E-state index in [1.807, 2.05) is 13.1 Å². The summed E-state index contributed by atoms with van der Waals surface area (Å²) < 4.78 is 3.32. The van der Waals surface area contributed by atoms with Gasteiger partial charge >= 0.3 is 0 Å². The molecule has 0 fully saturated rings. The van der Waals surface area contributed by atoms with E-state index in [0.717, 1.165) is 11.4 Å². The van der Waals surface area contributed by atoms with Gasteiger partial charge in [-0.05, 0) is 17.4 Å². The molecule has 0 radical (unpaired) electrons. The maximum Gasteiger partial charge on any atom is 0.172 e. The zero-order chi connectivity index (χ0) is 10.1. The van der Waals surface area contributed by atoms with Gasteiger partial charge in [0.2, 0.25) is 0 Å². The fraction of sp³-hybridized carbons (Fsp3) is 0.429. The maximum atomic E-state index is 5.62. The molecule has 0 aromatic carbocycles. The van der Waals surface area contributed by atoms with Crippen molar-refractivity contribution < 1.29 is 0 Å². The highest BCUT2D eigenvalue weighted by Crippen LogP contribution is 2.07. The largest absolute Gasteiger partial charge is 0.382 e. The molecule has 2 rings (SSSR count). The van der Waals surface area contributed by atoms with Crippen LogP contribution < -0.4 is 5.73 Å². The summed E-state index contributed by atoms with van der Waals surface area (Å²) in [6.07, 6.45) is 1.87. The van der Waals surface area contributed by atoms with E-state index < -0.39 is 0 Å². The standard InChI is InChI=1S/C7H11N7/c1-5-3-14(10-7(5)8)4-6-9-11-12-13(6)2/h3H,4H2,1-2H3,(H2,8,10). The Balaban J connectivity index is 2.23. The number of hydrogen-bond donors (Lipinski definition) is 1. The minimum atomic E-state index is 0.529. The third-order valence-corrected chi connectivity index (χ3v) is 1.99. The van der Waals surface area contributed by atoms with Gasteiger partial charge in [0.15, 0.2) is 5.82 Å². The summed E-state index contributed by atoms with van der Waals surface area (Å²) in [4.78, 5) is 0. The molecule has 0 spiro atoms. The average Bonchev–Trinajstić information content (AvgIpc) is 2.63. The molecule has 7 nitrogen and oxygen atoms in total. The SMILES string of the molecule is Cc1cn(Cc2nnnn2C)nc1N. The number of nitrogens with two attached hydrogens (primary N) is 1. The molecule has 0 bridgehead atoms. The van der Waals surface area contributed by atoms with Gasteiger partial charge in [0.05, 0.1) is 0 Å². The van der Waals surface area contributed by atoms with E-state index in [4.69, 9.17) is 5.73 Å². The van der Waals surface area contributed by atoms with Crippen molar-refractivity contribution in [2.75, 3.05) is 5.73 Å². The van der Waals surface area contributed by atoms with Crippen molar-refractivity contribution in [3.63, 3.8) is 0 Å². The van der Waals surface area contributed by atoms with Crippen LogP contribution in [0.25, 0.3) is 0 Å². The van der Waals surface area contributed by atoms with Gasteiger partial charge in [-0.3, -0.25) is 4.68 Å². The lowest BCUT2D eigenvalue weighted by Gasteiger charge is -1.97. The van der Waals surface area contributed by atoms with Crippen molar-refractivity contribution >= 4 is 5.82 Å². The first-order valence-corrected chi connectivity index (χ1v) is 4.17. The van der Waals surface area contributed by atoms with Crippen molar-refractivity contribution in [1.29, 1.82) is 0 Å². The fourth-order valence-electron chi connectivity index (χ4n) is 1.14. The predicted molar refractivity (Wildman–Crippen MR) is 49.3 cm³/mol. The summed E-state index contributed by atoms with van der Waals surface area (Å²) in [6, 6.07) is 0. The normalized spacial score (nSPS) is 10.7. The van der Waals surface area contributed by atoms with Gasteiger partial charge in [-0.1, -0.05) is 0 Å². The molecule has 14 heavy (non-hydrogen) atoms. The van der Waals surface area contributed by atoms with E-state index in [9.17, 15) is 0 Å². The first kappa shape index (κ1) is 8.67. The molecule has 2 heterocycles. The van der Waals surface area contributed by atoms with Crippen LogP contribution >= 0.6 is 0 Å². The van der Waals surface area contributed by atoms with Crippen LogP contribution in [-0.2, 0) is 13.6 Å². The Labute approximate surface area is 80.5 Å². The zero-order valence-electron chi connectivity index (χ0n) is 8.05. The number of nitrogens with zero attached hydrogens (tertiary/aromatic N) is 6. The molecule has 74 valence electrons. The Kier molecular flexibility index (Phi) is 1.91. The van der Waals surface area contributed by atoms with Gasteiger partial charge < -0.3 is 5.73 Å².